The van der Waals surface area contributed by atoms with Gasteiger partial charge in [0.2, 0.25) is 0 Å². The molecule has 2 aromatic rings. The fourth-order valence-corrected chi connectivity index (χ4v) is 2.01. The third kappa shape index (κ3) is 1.49. The van der Waals surface area contributed by atoms with Crippen LogP contribution in [0.25, 0.3) is 10.8 Å². The maximum Gasteiger partial charge on any atom is 0.0282 e. The van der Waals surface area contributed by atoms with Crippen LogP contribution in [0.3, 0.4) is 0 Å². The second-order valence-electron chi connectivity index (χ2n) is 3.42. The van der Waals surface area contributed by atoms with Crippen molar-refractivity contribution in [3.63, 3.8) is 0 Å². The molecule has 0 saturated carbocycles. The van der Waals surface area contributed by atoms with E-state index in [4.69, 9.17) is 0 Å². The molecule has 1 heteroatoms. The molecule has 0 unspecified atom stereocenters. The van der Waals surface area contributed by atoms with E-state index in [1.165, 1.54) is 26.4 Å². The molecule has 0 spiro atoms. The highest BCUT2D eigenvalue weighted by molar-refractivity contribution is 9.10. The average Bonchev–Trinajstić information content (AvgIpc) is 2.12. The first-order valence-corrected chi connectivity index (χ1v) is 5.13. The summed E-state index contributed by atoms with van der Waals surface area (Å²) in [5, 5.41) is 2.60. The number of aryl methyl sites for hydroxylation is 2. The summed E-state index contributed by atoms with van der Waals surface area (Å²) in [5.41, 5.74) is 2.60. The van der Waals surface area contributed by atoms with E-state index in [0.29, 0.717) is 0 Å². The largest absolute Gasteiger partial charge is 0.0586 e. The zero-order chi connectivity index (χ0) is 9.42. The van der Waals surface area contributed by atoms with Crippen LogP contribution in [0.1, 0.15) is 11.1 Å². The van der Waals surface area contributed by atoms with Crippen molar-refractivity contribution >= 4 is 26.7 Å². The number of benzene rings is 2. The van der Waals surface area contributed by atoms with Gasteiger partial charge in [0.05, 0.1) is 0 Å². The predicted molar refractivity (Wildman–Crippen MR) is 61.1 cm³/mol. The topological polar surface area (TPSA) is 0 Å². The number of hydrogen-bond donors (Lipinski definition) is 0. The van der Waals surface area contributed by atoms with Gasteiger partial charge in [-0.2, -0.15) is 0 Å². The molecule has 0 nitrogen and oxygen atoms in total. The first kappa shape index (κ1) is 8.76. The monoisotopic (exact) mass is 234 g/mol. The van der Waals surface area contributed by atoms with Crippen molar-refractivity contribution in [1.82, 2.24) is 0 Å². The van der Waals surface area contributed by atoms with E-state index in [-0.39, 0.29) is 0 Å². The maximum absolute atomic E-state index is 3.61. The van der Waals surface area contributed by atoms with Gasteiger partial charge in [0.15, 0.2) is 0 Å². The fraction of sp³-hybridized carbons (Fsp3) is 0.167. The molecule has 0 aliphatic heterocycles. The fourth-order valence-electron chi connectivity index (χ4n) is 1.52. The minimum atomic E-state index is 1.21. The smallest absolute Gasteiger partial charge is 0.0282 e. The molecular weight excluding hydrogens is 224 g/mol. The Labute approximate surface area is 86.7 Å². The van der Waals surface area contributed by atoms with Crippen LogP contribution in [0.2, 0.25) is 0 Å². The minimum absolute atomic E-state index is 1.21. The third-order valence-corrected chi connectivity index (χ3v) is 3.36. The molecule has 66 valence electrons. The van der Waals surface area contributed by atoms with Crippen LogP contribution < -0.4 is 0 Å². The summed E-state index contributed by atoms with van der Waals surface area (Å²) in [6.07, 6.45) is 0. The zero-order valence-corrected chi connectivity index (χ0v) is 9.35. The molecule has 0 aromatic heterocycles. The van der Waals surface area contributed by atoms with Crippen LogP contribution in [0.15, 0.2) is 34.8 Å². The molecule has 0 fully saturated rings. The van der Waals surface area contributed by atoms with Crippen LogP contribution in [-0.4, -0.2) is 0 Å². The molecule has 0 saturated heterocycles. The van der Waals surface area contributed by atoms with E-state index >= 15 is 0 Å². The Morgan fingerprint density at radius 2 is 1.77 bits per heavy atom. The van der Waals surface area contributed by atoms with Crippen LogP contribution in [0, 0.1) is 13.8 Å². The summed E-state index contributed by atoms with van der Waals surface area (Å²) in [6.45, 7) is 4.23. The lowest BCUT2D eigenvalue weighted by Gasteiger charge is -2.04. The lowest BCUT2D eigenvalue weighted by atomic mass is 10.1. The number of halogens is 1. The van der Waals surface area contributed by atoms with Crippen molar-refractivity contribution in [3.8, 4) is 0 Å². The summed E-state index contributed by atoms with van der Waals surface area (Å²) in [4.78, 5) is 0. The third-order valence-electron chi connectivity index (χ3n) is 2.30. The Morgan fingerprint density at radius 3 is 2.54 bits per heavy atom. The zero-order valence-electron chi connectivity index (χ0n) is 7.76. The summed E-state index contributed by atoms with van der Waals surface area (Å²) < 4.78 is 1.21. The van der Waals surface area contributed by atoms with Crippen LogP contribution in [0.4, 0.5) is 0 Å². The van der Waals surface area contributed by atoms with Gasteiger partial charge in [0.25, 0.3) is 0 Å². The average molecular weight is 235 g/mol. The standard InChI is InChI=1S/C12H11Br/c1-8-3-6-11-10(7-8)5-4-9(2)12(11)13/h3-7H,1-2H3. The number of rotatable bonds is 0. The SMILES string of the molecule is Cc1ccc2c(Br)c(C)ccc2c1. The molecule has 0 radical (unpaired) electrons. The Morgan fingerprint density at radius 1 is 1.00 bits per heavy atom. The van der Waals surface area contributed by atoms with Gasteiger partial charge in [-0.05, 0) is 46.1 Å². The number of hydrogen-bond acceptors (Lipinski definition) is 0. The van der Waals surface area contributed by atoms with Gasteiger partial charge >= 0.3 is 0 Å². The molecule has 13 heavy (non-hydrogen) atoms. The summed E-state index contributed by atoms with van der Waals surface area (Å²) >= 11 is 3.61. The van der Waals surface area contributed by atoms with Gasteiger partial charge in [0.1, 0.15) is 0 Å². The molecule has 2 aromatic carbocycles. The Bertz CT molecular complexity index is 458. The quantitative estimate of drug-likeness (QED) is 0.641. The highest BCUT2D eigenvalue weighted by Crippen LogP contribution is 2.27. The molecule has 0 amide bonds. The minimum Gasteiger partial charge on any atom is -0.0586 e. The molecule has 0 aliphatic rings. The molecule has 0 N–H and O–H groups in total. The first-order valence-electron chi connectivity index (χ1n) is 4.34. The first-order chi connectivity index (χ1) is 6.18. The maximum atomic E-state index is 3.61. The summed E-state index contributed by atoms with van der Waals surface area (Å²) in [6, 6.07) is 10.8. The van der Waals surface area contributed by atoms with Gasteiger partial charge < -0.3 is 0 Å². The van der Waals surface area contributed by atoms with Gasteiger partial charge in [0, 0.05) is 4.47 Å². The van der Waals surface area contributed by atoms with E-state index in [0.717, 1.165) is 0 Å². The molecule has 0 heterocycles. The van der Waals surface area contributed by atoms with Gasteiger partial charge in [-0.25, -0.2) is 0 Å². The van der Waals surface area contributed by atoms with Crippen molar-refractivity contribution in [1.29, 1.82) is 0 Å². The van der Waals surface area contributed by atoms with E-state index in [9.17, 15) is 0 Å². The van der Waals surface area contributed by atoms with E-state index in [2.05, 4.69) is 60.1 Å². The van der Waals surface area contributed by atoms with E-state index in [1.807, 2.05) is 0 Å². The Balaban J connectivity index is 2.87. The number of fused-ring (bicyclic) bond motifs is 1. The van der Waals surface area contributed by atoms with Crippen molar-refractivity contribution < 1.29 is 0 Å². The van der Waals surface area contributed by atoms with Gasteiger partial charge in [-0.1, -0.05) is 35.9 Å². The molecule has 0 atom stereocenters. The van der Waals surface area contributed by atoms with Crippen molar-refractivity contribution in [3.05, 3.63) is 45.9 Å². The van der Waals surface area contributed by atoms with E-state index in [1.54, 1.807) is 0 Å². The van der Waals surface area contributed by atoms with Crippen molar-refractivity contribution in [2.75, 3.05) is 0 Å². The lowest BCUT2D eigenvalue weighted by Crippen LogP contribution is -1.80. The van der Waals surface area contributed by atoms with Crippen LogP contribution in [-0.2, 0) is 0 Å². The molecule has 2 rings (SSSR count). The Hall–Kier alpha value is -0.820. The highest BCUT2D eigenvalue weighted by atomic mass is 79.9. The predicted octanol–water partition coefficient (Wildman–Crippen LogP) is 4.22. The molecule has 0 bridgehead atoms. The lowest BCUT2D eigenvalue weighted by molar-refractivity contribution is 1.45. The van der Waals surface area contributed by atoms with Gasteiger partial charge in [-0.3, -0.25) is 0 Å². The molecular formula is C12H11Br. The normalized spacial score (nSPS) is 10.7. The van der Waals surface area contributed by atoms with Gasteiger partial charge in [-0.15, -0.1) is 0 Å². The van der Waals surface area contributed by atoms with Crippen molar-refractivity contribution in [2.24, 2.45) is 0 Å². The second-order valence-corrected chi connectivity index (χ2v) is 4.21. The molecule has 0 aliphatic carbocycles. The highest BCUT2D eigenvalue weighted by Gasteiger charge is 2.00. The van der Waals surface area contributed by atoms with Crippen LogP contribution in [0.5, 0.6) is 0 Å². The second kappa shape index (κ2) is 3.15. The summed E-state index contributed by atoms with van der Waals surface area (Å²) in [5.74, 6) is 0. The van der Waals surface area contributed by atoms with E-state index < -0.39 is 0 Å². The Kier molecular flexibility index (Phi) is 2.12. The van der Waals surface area contributed by atoms with Crippen molar-refractivity contribution in [2.45, 2.75) is 13.8 Å². The van der Waals surface area contributed by atoms with Crippen LogP contribution >= 0.6 is 15.9 Å². The summed E-state index contributed by atoms with van der Waals surface area (Å²) in [7, 11) is 0.